The van der Waals surface area contributed by atoms with Crippen molar-refractivity contribution in [1.29, 1.82) is 0 Å². The smallest absolute Gasteiger partial charge is 0.482 e. The molecule has 284 valence electrons. The maximum Gasteiger partial charge on any atom is 0.482 e. The molecule has 0 radical (unpaired) electrons. The van der Waals surface area contributed by atoms with Crippen LogP contribution >= 0.6 is 11.6 Å². The summed E-state index contributed by atoms with van der Waals surface area (Å²) in [6.45, 7) is 16.9. The number of methoxy groups -OCH3 is 2. The Labute approximate surface area is 311 Å². The Bertz CT molecular complexity index is 1710. The lowest BCUT2D eigenvalue weighted by atomic mass is 9.43. The van der Waals surface area contributed by atoms with Crippen LogP contribution in [0.4, 0.5) is 9.18 Å². The predicted octanol–water partition coefficient (Wildman–Crippen LogP) is 7.01. The van der Waals surface area contributed by atoms with Crippen LogP contribution in [0.3, 0.4) is 0 Å². The molecule has 2 aromatic carbocycles. The molecule has 3 aliphatic carbocycles. The molecule has 2 aromatic rings. The Balaban J connectivity index is 1.54. The molecule has 3 saturated carbocycles. The molecule has 0 aromatic heterocycles. The summed E-state index contributed by atoms with van der Waals surface area (Å²) in [6.07, 6.45) is 0.709. The highest BCUT2D eigenvalue weighted by atomic mass is 35.5. The molecule has 4 fully saturated rings. The van der Waals surface area contributed by atoms with Gasteiger partial charge >= 0.3 is 19.2 Å². The molecule has 14 heteroatoms. The normalized spacial score (nSPS) is 24.5. The number of carbonyl (C=O) groups excluding carboxylic acids is 3. The number of hydrogen-bond acceptors (Lipinski definition) is 9. The Kier molecular flexibility index (Phi) is 11.0. The third kappa shape index (κ3) is 8.01. The van der Waals surface area contributed by atoms with Crippen LogP contribution in [0.25, 0.3) is 0 Å². The molecule has 2 bridgehead atoms. The number of amides is 2. The second-order valence-corrected chi connectivity index (χ2v) is 17.2. The monoisotopic (exact) mass is 744 g/mol. The van der Waals surface area contributed by atoms with Crippen LogP contribution in [0.15, 0.2) is 30.3 Å². The highest BCUT2D eigenvalue weighted by Crippen LogP contribution is 2.65. The minimum absolute atomic E-state index is 0.0315. The molecule has 1 aliphatic heterocycles. The first kappa shape index (κ1) is 39.7. The van der Waals surface area contributed by atoms with Crippen molar-refractivity contribution in [3.05, 3.63) is 57.9 Å². The van der Waals surface area contributed by atoms with Gasteiger partial charge in [-0.25, -0.2) is 14.0 Å². The quantitative estimate of drug-likeness (QED) is 0.195. The summed E-state index contributed by atoms with van der Waals surface area (Å²) in [5.41, 5.74) is -1.69. The van der Waals surface area contributed by atoms with Gasteiger partial charge in [-0.3, -0.25) is 4.79 Å². The molecule has 6 rings (SSSR count). The van der Waals surface area contributed by atoms with Gasteiger partial charge in [-0.05, 0) is 103 Å². The van der Waals surface area contributed by atoms with Gasteiger partial charge in [-0.2, -0.15) is 0 Å². The molecule has 2 unspecified atom stereocenters. The molecule has 11 nitrogen and oxygen atoms in total. The largest absolute Gasteiger partial charge is 0.496 e. The predicted molar refractivity (Wildman–Crippen MR) is 194 cm³/mol. The maximum atomic E-state index is 15.7. The Morgan fingerprint density at radius 3 is 2.27 bits per heavy atom. The van der Waals surface area contributed by atoms with Crippen molar-refractivity contribution in [3.8, 4) is 11.5 Å². The van der Waals surface area contributed by atoms with E-state index in [2.05, 4.69) is 31.4 Å². The number of carbonyl (C=O) groups is 3. The number of hydrogen-bond donors (Lipinski definition) is 2. The van der Waals surface area contributed by atoms with Gasteiger partial charge in [0.2, 0.25) is 5.91 Å². The molecular formula is C38H51BClFN2O9. The third-order valence-corrected chi connectivity index (χ3v) is 10.8. The summed E-state index contributed by atoms with van der Waals surface area (Å²) in [6, 6.07) is 5.76. The van der Waals surface area contributed by atoms with Crippen LogP contribution in [0, 0.1) is 23.1 Å². The van der Waals surface area contributed by atoms with E-state index in [9.17, 15) is 14.4 Å². The van der Waals surface area contributed by atoms with Gasteiger partial charge in [0.05, 0.1) is 36.9 Å². The van der Waals surface area contributed by atoms with Crippen LogP contribution in [-0.4, -0.2) is 68.2 Å². The van der Waals surface area contributed by atoms with Crippen LogP contribution in [-0.2, 0) is 30.0 Å². The van der Waals surface area contributed by atoms with Crippen molar-refractivity contribution in [2.24, 2.45) is 17.3 Å². The lowest BCUT2D eigenvalue weighted by Crippen LogP contribution is -2.65. The van der Waals surface area contributed by atoms with Crippen LogP contribution in [0.1, 0.15) is 103 Å². The van der Waals surface area contributed by atoms with E-state index >= 15 is 4.39 Å². The van der Waals surface area contributed by atoms with E-state index in [4.69, 9.17) is 39.9 Å². The second-order valence-electron chi connectivity index (χ2n) is 16.7. The number of para-hydroxylation sites is 1. The van der Waals surface area contributed by atoms with Gasteiger partial charge < -0.3 is 38.9 Å². The average molecular weight is 745 g/mol. The molecule has 4 aliphatic rings. The van der Waals surface area contributed by atoms with E-state index in [0.29, 0.717) is 11.5 Å². The minimum Gasteiger partial charge on any atom is -0.496 e. The highest BCUT2D eigenvalue weighted by molar-refractivity contribution is 6.48. The fourth-order valence-corrected chi connectivity index (χ4v) is 8.15. The zero-order chi connectivity index (χ0) is 38.6. The fraction of sp³-hybridized carbons (Fsp3) is 0.605. The van der Waals surface area contributed by atoms with Crippen molar-refractivity contribution in [3.63, 3.8) is 0 Å². The van der Waals surface area contributed by atoms with E-state index in [1.54, 1.807) is 59.7 Å². The van der Waals surface area contributed by atoms with E-state index < -0.39 is 59.7 Å². The molecule has 52 heavy (non-hydrogen) atoms. The minimum atomic E-state index is -1.60. The summed E-state index contributed by atoms with van der Waals surface area (Å²) in [7, 11) is 1.84. The van der Waals surface area contributed by atoms with Gasteiger partial charge in [0.15, 0.2) is 0 Å². The van der Waals surface area contributed by atoms with Crippen molar-refractivity contribution >= 4 is 36.7 Å². The number of halogens is 2. The fourth-order valence-electron chi connectivity index (χ4n) is 7.90. The summed E-state index contributed by atoms with van der Waals surface area (Å²) in [5, 5.41) is 5.55. The molecule has 2 N–H and O–H groups in total. The number of rotatable bonds is 10. The van der Waals surface area contributed by atoms with Crippen LogP contribution in [0.2, 0.25) is 5.02 Å². The van der Waals surface area contributed by atoms with Crippen LogP contribution < -0.4 is 20.1 Å². The number of nitrogens with one attached hydrogen (secondary N) is 2. The number of ether oxygens (including phenoxy) is 4. The first-order valence-electron chi connectivity index (χ1n) is 17.6. The van der Waals surface area contributed by atoms with Gasteiger partial charge in [-0.1, -0.05) is 37.6 Å². The van der Waals surface area contributed by atoms with E-state index in [1.165, 1.54) is 20.3 Å². The summed E-state index contributed by atoms with van der Waals surface area (Å²) in [4.78, 5) is 40.8. The highest BCUT2D eigenvalue weighted by Gasteiger charge is 2.68. The molecule has 1 heterocycles. The van der Waals surface area contributed by atoms with Crippen molar-refractivity contribution in [2.75, 3.05) is 14.2 Å². The van der Waals surface area contributed by atoms with E-state index in [-0.39, 0.29) is 51.5 Å². The zero-order valence-electron chi connectivity index (χ0n) is 31.9. The molecule has 1 saturated heterocycles. The zero-order valence-corrected chi connectivity index (χ0v) is 32.7. The standard InChI is InChI=1S/C38H51BClFN2O9/c1-35(2,3)49-33(45)22-14-12-13-20(31(22)48-11)15-29(39-51-28-17-21-16-27(37(21,7)8)38(28,9)52-39)42-32(44)30(43-34(46)50-36(4,5)6)23-18-24(40)26(47-10)19-25(23)41/h12-14,18-19,21,27-30H,15-17H2,1-11H3,(H,42,44)(H,43,46)/t21-,27-,28+,29?,30?,38-/m0/s1. The van der Waals surface area contributed by atoms with E-state index in [0.717, 1.165) is 18.9 Å². The molecular weight excluding hydrogens is 694 g/mol. The maximum absolute atomic E-state index is 15.7. The third-order valence-electron chi connectivity index (χ3n) is 10.5. The van der Waals surface area contributed by atoms with Gasteiger partial charge in [-0.15, -0.1) is 0 Å². The van der Waals surface area contributed by atoms with Gasteiger partial charge in [0, 0.05) is 11.6 Å². The van der Waals surface area contributed by atoms with Crippen molar-refractivity contribution < 1.29 is 47.0 Å². The van der Waals surface area contributed by atoms with Crippen molar-refractivity contribution in [2.45, 2.75) is 116 Å². The second kappa shape index (κ2) is 14.4. The van der Waals surface area contributed by atoms with Gasteiger partial charge in [0.25, 0.3) is 0 Å². The first-order chi connectivity index (χ1) is 24.1. The first-order valence-corrected chi connectivity index (χ1v) is 18.0. The Hall–Kier alpha value is -3.55. The van der Waals surface area contributed by atoms with Gasteiger partial charge in [0.1, 0.15) is 40.1 Å². The summed E-state index contributed by atoms with van der Waals surface area (Å²) in [5.74, 6) is -2.08. The SMILES string of the molecule is COc1cc(F)c(C(NC(=O)OC(C)(C)C)C(=O)NC(Cc2cccc(C(=O)OC(C)(C)C)c2OC)B2O[C@@H]3C[C@@H]4C[C@@H](C4(C)C)[C@]3(C)O2)cc1Cl. The average Bonchev–Trinajstić information content (AvgIpc) is 3.39. The lowest BCUT2D eigenvalue weighted by Gasteiger charge is -2.64. The number of esters is 1. The Morgan fingerprint density at radius 2 is 1.67 bits per heavy atom. The number of benzene rings is 2. The molecule has 0 spiro atoms. The number of alkyl carbamates (subject to hydrolysis) is 1. The summed E-state index contributed by atoms with van der Waals surface area (Å²) >= 11 is 6.39. The van der Waals surface area contributed by atoms with Crippen LogP contribution in [0.5, 0.6) is 11.5 Å². The molecule has 2 amide bonds. The summed E-state index contributed by atoms with van der Waals surface area (Å²) < 4.78 is 51.1. The molecule has 6 atom stereocenters. The topological polar surface area (TPSA) is 131 Å². The van der Waals surface area contributed by atoms with E-state index in [1.807, 2.05) is 0 Å². The lowest BCUT2D eigenvalue weighted by molar-refractivity contribution is -0.199. The Morgan fingerprint density at radius 1 is 1.00 bits per heavy atom. The van der Waals surface area contributed by atoms with Crippen molar-refractivity contribution in [1.82, 2.24) is 10.6 Å².